The smallest absolute Gasteiger partial charge is 0.0985 e. The standard InChI is InChI=1S/C18H10N4S2/c1-3-21-13(9-19-1)17-7-11-5-16-12(6-15(11)23-17)8-18(24-16)14-10-20-2-4-22-14/h1-10H. The van der Waals surface area contributed by atoms with Crippen LogP contribution in [0.2, 0.25) is 0 Å². The molecular formula is C18H10N4S2. The summed E-state index contributed by atoms with van der Waals surface area (Å²) in [5.41, 5.74) is 1.84. The highest BCUT2D eigenvalue weighted by molar-refractivity contribution is 7.23. The van der Waals surface area contributed by atoms with Crippen LogP contribution in [-0.4, -0.2) is 19.9 Å². The molecule has 0 amide bonds. The van der Waals surface area contributed by atoms with Gasteiger partial charge in [0, 0.05) is 34.2 Å². The molecule has 4 aromatic heterocycles. The van der Waals surface area contributed by atoms with Gasteiger partial charge in [0.15, 0.2) is 0 Å². The zero-order valence-electron chi connectivity index (χ0n) is 12.4. The van der Waals surface area contributed by atoms with E-state index in [0.717, 1.165) is 21.1 Å². The van der Waals surface area contributed by atoms with Crippen LogP contribution in [0.15, 0.2) is 61.4 Å². The fraction of sp³-hybridized carbons (Fsp3) is 0. The van der Waals surface area contributed by atoms with Gasteiger partial charge >= 0.3 is 0 Å². The van der Waals surface area contributed by atoms with E-state index in [0.29, 0.717) is 0 Å². The first kappa shape index (κ1) is 13.7. The van der Waals surface area contributed by atoms with Crippen LogP contribution in [0.3, 0.4) is 0 Å². The molecule has 0 saturated heterocycles. The number of hydrogen-bond acceptors (Lipinski definition) is 6. The van der Waals surface area contributed by atoms with Crippen LogP contribution in [0.4, 0.5) is 0 Å². The summed E-state index contributed by atoms with van der Waals surface area (Å²) in [5, 5.41) is 2.47. The van der Waals surface area contributed by atoms with Gasteiger partial charge in [-0.15, -0.1) is 22.7 Å². The van der Waals surface area contributed by atoms with Crippen LogP contribution >= 0.6 is 22.7 Å². The maximum Gasteiger partial charge on any atom is 0.0985 e. The summed E-state index contributed by atoms with van der Waals surface area (Å²) in [7, 11) is 0. The van der Waals surface area contributed by atoms with E-state index in [1.165, 1.54) is 20.2 Å². The predicted octanol–water partition coefficient (Wildman–Crippen LogP) is 5.03. The van der Waals surface area contributed by atoms with Crippen molar-refractivity contribution in [1.29, 1.82) is 0 Å². The zero-order valence-corrected chi connectivity index (χ0v) is 14.0. The number of fused-ring (bicyclic) bond motifs is 2. The SMILES string of the molecule is c1cnc(-c2cc3cc4sc(-c5cnccn5)cc4cc3s2)cn1. The van der Waals surface area contributed by atoms with Crippen molar-refractivity contribution in [2.24, 2.45) is 0 Å². The van der Waals surface area contributed by atoms with Crippen molar-refractivity contribution in [3.63, 3.8) is 0 Å². The summed E-state index contributed by atoms with van der Waals surface area (Å²) in [5.74, 6) is 0. The minimum Gasteiger partial charge on any atom is -0.261 e. The van der Waals surface area contributed by atoms with Crippen molar-refractivity contribution in [3.05, 3.63) is 61.4 Å². The zero-order chi connectivity index (χ0) is 15.9. The van der Waals surface area contributed by atoms with Crippen molar-refractivity contribution in [1.82, 2.24) is 19.9 Å². The molecule has 0 atom stereocenters. The molecular weight excluding hydrogens is 336 g/mol. The van der Waals surface area contributed by atoms with Gasteiger partial charge in [0.25, 0.3) is 0 Å². The lowest BCUT2D eigenvalue weighted by Crippen LogP contribution is -1.79. The highest BCUT2D eigenvalue weighted by atomic mass is 32.1. The lowest BCUT2D eigenvalue weighted by Gasteiger charge is -1.92. The first-order valence-electron chi connectivity index (χ1n) is 7.37. The second-order valence-corrected chi connectivity index (χ2v) is 7.50. The molecule has 0 saturated carbocycles. The molecule has 6 heteroatoms. The molecule has 0 bridgehead atoms. The van der Waals surface area contributed by atoms with Gasteiger partial charge in [-0.05, 0) is 35.0 Å². The van der Waals surface area contributed by atoms with E-state index in [4.69, 9.17) is 0 Å². The van der Waals surface area contributed by atoms with Gasteiger partial charge in [-0.25, -0.2) is 0 Å². The topological polar surface area (TPSA) is 51.6 Å². The van der Waals surface area contributed by atoms with Gasteiger partial charge in [0.1, 0.15) is 0 Å². The molecule has 4 heterocycles. The van der Waals surface area contributed by atoms with E-state index in [1.54, 1.807) is 59.9 Å². The molecule has 4 nitrogen and oxygen atoms in total. The average Bonchev–Trinajstić information content (AvgIpc) is 3.24. The number of rotatable bonds is 2. The van der Waals surface area contributed by atoms with Gasteiger partial charge in [0.05, 0.1) is 33.5 Å². The molecule has 114 valence electrons. The number of nitrogens with zero attached hydrogens (tertiary/aromatic N) is 4. The molecule has 0 radical (unpaired) electrons. The Bertz CT molecular complexity index is 1010. The summed E-state index contributed by atoms with van der Waals surface area (Å²) in [4.78, 5) is 19.4. The van der Waals surface area contributed by atoms with E-state index in [1.807, 2.05) is 0 Å². The summed E-state index contributed by atoms with van der Waals surface area (Å²) in [6, 6.07) is 8.85. The Kier molecular flexibility index (Phi) is 3.11. The highest BCUT2D eigenvalue weighted by Gasteiger charge is 2.10. The van der Waals surface area contributed by atoms with Gasteiger partial charge in [0.2, 0.25) is 0 Å². The predicted molar refractivity (Wildman–Crippen MR) is 99.3 cm³/mol. The number of benzene rings is 1. The summed E-state index contributed by atoms with van der Waals surface area (Å²) >= 11 is 3.49. The van der Waals surface area contributed by atoms with Gasteiger partial charge < -0.3 is 0 Å². The van der Waals surface area contributed by atoms with E-state index >= 15 is 0 Å². The second kappa shape index (κ2) is 5.43. The van der Waals surface area contributed by atoms with Crippen molar-refractivity contribution in [2.75, 3.05) is 0 Å². The fourth-order valence-electron chi connectivity index (χ4n) is 2.68. The van der Waals surface area contributed by atoms with E-state index < -0.39 is 0 Å². The normalized spacial score (nSPS) is 11.3. The van der Waals surface area contributed by atoms with E-state index in [9.17, 15) is 0 Å². The van der Waals surface area contributed by atoms with Gasteiger partial charge in [-0.1, -0.05) is 0 Å². The van der Waals surface area contributed by atoms with Crippen LogP contribution in [0, 0.1) is 0 Å². The molecule has 0 N–H and O–H groups in total. The Hall–Kier alpha value is -2.70. The Balaban J connectivity index is 1.65. The lowest BCUT2D eigenvalue weighted by atomic mass is 10.2. The highest BCUT2D eigenvalue weighted by Crippen LogP contribution is 2.39. The molecule has 0 unspecified atom stereocenters. The minimum atomic E-state index is 0.919. The fourth-order valence-corrected chi connectivity index (χ4v) is 4.79. The molecule has 5 rings (SSSR count). The van der Waals surface area contributed by atoms with Gasteiger partial charge in [-0.3, -0.25) is 19.9 Å². The first-order chi connectivity index (χ1) is 11.9. The third-order valence-corrected chi connectivity index (χ3v) is 6.03. The molecule has 24 heavy (non-hydrogen) atoms. The summed E-state index contributed by atoms with van der Waals surface area (Å²) in [6.45, 7) is 0. The Morgan fingerprint density at radius 2 is 1.08 bits per heavy atom. The number of hydrogen-bond donors (Lipinski definition) is 0. The van der Waals surface area contributed by atoms with Crippen LogP contribution in [0.1, 0.15) is 0 Å². The Morgan fingerprint density at radius 3 is 1.50 bits per heavy atom. The van der Waals surface area contributed by atoms with Gasteiger partial charge in [-0.2, -0.15) is 0 Å². The largest absolute Gasteiger partial charge is 0.261 e. The van der Waals surface area contributed by atoms with Crippen LogP contribution in [0.25, 0.3) is 41.3 Å². The maximum atomic E-state index is 4.39. The molecule has 0 aliphatic carbocycles. The monoisotopic (exact) mass is 346 g/mol. The van der Waals surface area contributed by atoms with Crippen LogP contribution < -0.4 is 0 Å². The third-order valence-electron chi connectivity index (χ3n) is 3.79. The van der Waals surface area contributed by atoms with Crippen molar-refractivity contribution < 1.29 is 0 Å². The Morgan fingerprint density at radius 1 is 0.583 bits per heavy atom. The van der Waals surface area contributed by atoms with Crippen LogP contribution in [-0.2, 0) is 0 Å². The van der Waals surface area contributed by atoms with Crippen LogP contribution in [0.5, 0.6) is 0 Å². The molecule has 0 aliphatic rings. The lowest BCUT2D eigenvalue weighted by molar-refractivity contribution is 1.21. The van der Waals surface area contributed by atoms with E-state index in [2.05, 4.69) is 44.2 Å². The number of thiophene rings is 2. The minimum absolute atomic E-state index is 0.919. The van der Waals surface area contributed by atoms with Crippen molar-refractivity contribution in [2.45, 2.75) is 0 Å². The molecule has 5 aromatic rings. The second-order valence-electron chi connectivity index (χ2n) is 5.33. The quantitative estimate of drug-likeness (QED) is 0.450. The van der Waals surface area contributed by atoms with Crippen molar-refractivity contribution >= 4 is 42.8 Å². The third kappa shape index (κ3) is 2.28. The first-order valence-corrected chi connectivity index (χ1v) is 9.00. The molecule has 1 aromatic carbocycles. The average molecular weight is 346 g/mol. The molecule has 0 aliphatic heterocycles. The Labute approximate surface area is 145 Å². The number of aromatic nitrogens is 4. The molecule has 0 fully saturated rings. The summed E-state index contributed by atoms with van der Waals surface area (Å²) < 4.78 is 2.51. The maximum absolute atomic E-state index is 4.39. The summed E-state index contributed by atoms with van der Waals surface area (Å²) in [6.07, 6.45) is 10.5. The molecule has 0 spiro atoms. The van der Waals surface area contributed by atoms with E-state index in [-0.39, 0.29) is 0 Å². The van der Waals surface area contributed by atoms with Crippen molar-refractivity contribution in [3.8, 4) is 21.1 Å².